The second-order valence-corrected chi connectivity index (χ2v) is 3.21. The Kier molecular flexibility index (Phi) is 3.17. The normalized spacial score (nSPS) is 9.60. The molecule has 0 unspecified atom stereocenters. The van der Waals surface area contributed by atoms with Gasteiger partial charge in [-0.2, -0.15) is 31.0 Å². The van der Waals surface area contributed by atoms with Gasteiger partial charge in [-0.15, -0.1) is 10.2 Å². The van der Waals surface area contributed by atoms with E-state index in [4.69, 9.17) is 21.0 Å². The Hall–Kier alpha value is -4.02. The molecule has 0 radical (unpaired) electrons. The van der Waals surface area contributed by atoms with E-state index in [-0.39, 0.29) is 23.3 Å². The quantitative estimate of drug-likeness (QED) is 0.731. The monoisotopic (exact) mass is 262 g/mol. The first kappa shape index (κ1) is 12.4. The van der Waals surface area contributed by atoms with Crippen molar-refractivity contribution in [3.8, 4) is 24.5 Å². The second kappa shape index (κ2) is 5.09. The summed E-state index contributed by atoms with van der Waals surface area (Å²) in [6.45, 7) is 0. The zero-order chi connectivity index (χ0) is 14.5. The van der Waals surface area contributed by atoms with E-state index in [9.17, 15) is 0 Å². The van der Waals surface area contributed by atoms with Gasteiger partial charge in [0.05, 0.1) is 12.4 Å². The fraction of sp³-hybridized carbons (Fsp3) is 0. The summed E-state index contributed by atoms with van der Waals surface area (Å²) in [4.78, 5) is 7.48. The lowest BCUT2D eigenvalue weighted by atomic mass is 10.7. The number of hydrogen-bond acceptors (Lipinski definition) is 8. The van der Waals surface area contributed by atoms with Gasteiger partial charge in [0.1, 0.15) is 12.1 Å². The van der Waals surface area contributed by atoms with Crippen LogP contribution < -0.4 is 0 Å². The van der Waals surface area contributed by atoms with Crippen molar-refractivity contribution in [3.63, 3.8) is 0 Å². The maximum Gasteiger partial charge on any atom is 0.228 e. The summed E-state index contributed by atoms with van der Waals surface area (Å²) in [5, 5.41) is 42.2. The fourth-order valence-electron chi connectivity index (χ4n) is 1.24. The van der Waals surface area contributed by atoms with Crippen LogP contribution in [0.4, 0.5) is 11.6 Å². The Bertz CT molecular complexity index is 719. The van der Waals surface area contributed by atoms with E-state index in [2.05, 4.69) is 20.2 Å². The number of imidazole rings is 2. The van der Waals surface area contributed by atoms with Crippen LogP contribution in [0.5, 0.6) is 0 Å². The summed E-state index contributed by atoms with van der Waals surface area (Å²) >= 11 is 0. The van der Waals surface area contributed by atoms with E-state index < -0.39 is 0 Å². The third kappa shape index (κ3) is 2.17. The molecule has 0 atom stereocenters. The molecule has 0 aliphatic heterocycles. The third-order valence-corrected chi connectivity index (χ3v) is 2.06. The molecule has 0 fully saturated rings. The van der Waals surface area contributed by atoms with Crippen molar-refractivity contribution >= 4 is 11.6 Å². The van der Waals surface area contributed by atoms with E-state index in [1.54, 1.807) is 24.5 Å². The van der Waals surface area contributed by atoms with Crippen molar-refractivity contribution in [1.82, 2.24) is 19.1 Å². The van der Waals surface area contributed by atoms with E-state index in [0.29, 0.717) is 0 Å². The van der Waals surface area contributed by atoms with Crippen molar-refractivity contribution in [3.05, 3.63) is 24.0 Å². The summed E-state index contributed by atoms with van der Waals surface area (Å²) in [5.74, 6) is -0.176. The van der Waals surface area contributed by atoms with E-state index in [1.807, 2.05) is 0 Å². The van der Waals surface area contributed by atoms with Crippen LogP contribution in [-0.4, -0.2) is 19.1 Å². The molecule has 2 aromatic heterocycles. The molecule has 92 valence electrons. The Labute approximate surface area is 111 Å². The number of nitriles is 4. The van der Waals surface area contributed by atoms with Gasteiger partial charge in [0.25, 0.3) is 0 Å². The maximum absolute atomic E-state index is 8.71. The smallest absolute Gasteiger partial charge is 0.225 e. The lowest BCUT2D eigenvalue weighted by Gasteiger charge is -1.80. The molecule has 20 heavy (non-hydrogen) atoms. The average molecular weight is 262 g/mol. The van der Waals surface area contributed by atoms with Crippen LogP contribution in [0.2, 0.25) is 0 Å². The molecule has 0 aromatic carbocycles. The second-order valence-electron chi connectivity index (χ2n) is 3.21. The van der Waals surface area contributed by atoms with Crippen LogP contribution in [0.15, 0.2) is 22.6 Å². The fourth-order valence-corrected chi connectivity index (χ4v) is 1.24. The molecule has 0 amide bonds. The predicted molar refractivity (Wildman–Crippen MR) is 60.1 cm³/mol. The third-order valence-electron chi connectivity index (χ3n) is 2.06. The van der Waals surface area contributed by atoms with Crippen molar-refractivity contribution in [1.29, 1.82) is 21.0 Å². The van der Waals surface area contributed by atoms with Crippen LogP contribution in [0.3, 0.4) is 0 Å². The zero-order valence-electron chi connectivity index (χ0n) is 9.63. The first-order valence-electron chi connectivity index (χ1n) is 4.92. The minimum Gasteiger partial charge on any atom is -0.225 e. The number of hydrogen-bond donors (Lipinski definition) is 0. The van der Waals surface area contributed by atoms with Gasteiger partial charge in [-0.25, -0.2) is 9.13 Å². The highest BCUT2D eigenvalue weighted by molar-refractivity contribution is 5.35. The van der Waals surface area contributed by atoms with Crippen LogP contribution in [0.1, 0.15) is 11.6 Å². The van der Waals surface area contributed by atoms with E-state index in [1.165, 1.54) is 12.4 Å². The molecule has 2 rings (SSSR count). The molecule has 0 bridgehead atoms. The maximum atomic E-state index is 8.71. The Balaban J connectivity index is 2.32. The first-order valence-corrected chi connectivity index (χ1v) is 4.92. The summed E-state index contributed by atoms with van der Waals surface area (Å²) in [6, 6.07) is 3.44. The van der Waals surface area contributed by atoms with Gasteiger partial charge in [-0.05, 0) is 0 Å². The van der Waals surface area contributed by atoms with E-state index >= 15 is 0 Å². The molecule has 2 aromatic rings. The van der Waals surface area contributed by atoms with Crippen LogP contribution in [0.25, 0.3) is 0 Å². The van der Waals surface area contributed by atoms with Gasteiger partial charge in [-0.3, -0.25) is 0 Å². The van der Waals surface area contributed by atoms with Gasteiger partial charge < -0.3 is 0 Å². The molecular weight excluding hydrogens is 260 g/mol. The molecule has 0 spiro atoms. The first-order chi connectivity index (χ1) is 9.71. The minimum absolute atomic E-state index is 0.0353. The Morgan fingerprint density at radius 2 is 1.20 bits per heavy atom. The number of nitrogens with zero attached hydrogens (tertiary/aromatic N) is 10. The summed E-state index contributed by atoms with van der Waals surface area (Å²) in [7, 11) is 0. The Morgan fingerprint density at radius 1 is 0.800 bits per heavy atom. The van der Waals surface area contributed by atoms with Gasteiger partial charge in [0.2, 0.25) is 11.6 Å². The molecule has 0 saturated carbocycles. The largest absolute Gasteiger partial charge is 0.228 e. The summed E-state index contributed by atoms with van der Waals surface area (Å²) < 4.78 is 1.87. The van der Waals surface area contributed by atoms with Crippen LogP contribution >= 0.6 is 0 Å². The molecule has 0 aliphatic rings. The van der Waals surface area contributed by atoms with E-state index in [0.717, 1.165) is 9.13 Å². The molecular formula is C10H2N10. The average Bonchev–Trinajstić information content (AvgIpc) is 3.07. The van der Waals surface area contributed by atoms with Crippen molar-refractivity contribution in [2.45, 2.75) is 0 Å². The highest BCUT2D eigenvalue weighted by atomic mass is 15.2. The van der Waals surface area contributed by atoms with Crippen LogP contribution in [-0.2, 0) is 0 Å². The van der Waals surface area contributed by atoms with Gasteiger partial charge in [0, 0.05) is 0 Å². The van der Waals surface area contributed by atoms with Gasteiger partial charge in [-0.1, -0.05) is 0 Å². The van der Waals surface area contributed by atoms with Gasteiger partial charge in [0.15, 0.2) is 24.0 Å². The van der Waals surface area contributed by atoms with Crippen molar-refractivity contribution in [2.24, 2.45) is 10.2 Å². The topological polar surface area (TPSA) is 156 Å². The van der Waals surface area contributed by atoms with Crippen molar-refractivity contribution < 1.29 is 0 Å². The molecule has 0 saturated heterocycles. The number of azo groups is 1. The minimum atomic E-state index is -0.123. The molecule has 0 aliphatic carbocycles. The molecule has 10 nitrogen and oxygen atoms in total. The van der Waals surface area contributed by atoms with Crippen molar-refractivity contribution in [2.75, 3.05) is 0 Å². The number of rotatable bonds is 2. The summed E-state index contributed by atoms with van der Waals surface area (Å²) in [6.07, 6.45) is 5.88. The lowest BCUT2D eigenvalue weighted by molar-refractivity contribution is 1.04. The Morgan fingerprint density at radius 3 is 1.45 bits per heavy atom. The molecule has 0 N–H and O–H groups in total. The lowest BCUT2D eigenvalue weighted by Crippen LogP contribution is -1.89. The summed E-state index contributed by atoms with van der Waals surface area (Å²) in [5.41, 5.74) is 0. The standard InChI is InChI=1S/C10H2N10/c11-1-9-15-7(3-19(9)5-13)17-18-8-4-20(6-14)10(2-12)16-8/h3-4H/b18-17+. The highest BCUT2D eigenvalue weighted by Crippen LogP contribution is 2.16. The zero-order valence-corrected chi connectivity index (χ0v) is 9.63. The van der Waals surface area contributed by atoms with Gasteiger partial charge >= 0.3 is 0 Å². The van der Waals surface area contributed by atoms with Crippen LogP contribution in [0, 0.1) is 45.6 Å². The highest BCUT2D eigenvalue weighted by Gasteiger charge is 2.08. The SMILES string of the molecule is N#Cc1nc(/N=N/c2cn(C#N)c(C#N)n2)cn1C#N. The predicted octanol–water partition coefficient (Wildman–Crippen LogP) is 0.897. The molecule has 10 heteroatoms. The molecule has 2 heterocycles. The number of aromatic nitrogens is 4.